The predicted octanol–water partition coefficient (Wildman–Crippen LogP) is 4.40. The Kier molecular flexibility index (Phi) is 6.10. The van der Waals surface area contributed by atoms with Crippen LogP contribution in [0.3, 0.4) is 0 Å². The average Bonchev–Trinajstić information content (AvgIpc) is 2.91. The zero-order chi connectivity index (χ0) is 16.3. The van der Waals surface area contributed by atoms with Crippen molar-refractivity contribution in [2.45, 2.75) is 6.54 Å². The third-order valence-electron chi connectivity index (χ3n) is 3.07. The minimum absolute atomic E-state index is 0.0464. The summed E-state index contributed by atoms with van der Waals surface area (Å²) in [5.74, 6) is 1.13. The molecular formula is C15H15BrINO3S. The number of ether oxygens (including phenoxy) is 2. The van der Waals surface area contributed by atoms with E-state index in [1.54, 1.807) is 43.6 Å². The molecule has 118 valence electrons. The average molecular weight is 496 g/mol. The third kappa shape index (κ3) is 3.94. The SMILES string of the molecule is COc1cc(I)c(C(=O)N(C)Cc2cc(Br)cs2)cc1OC. The maximum atomic E-state index is 12.7. The maximum Gasteiger partial charge on any atom is 0.255 e. The molecule has 0 N–H and O–H groups in total. The molecule has 1 amide bonds. The molecule has 0 saturated heterocycles. The Morgan fingerprint density at radius 3 is 2.45 bits per heavy atom. The summed E-state index contributed by atoms with van der Waals surface area (Å²) in [7, 11) is 4.94. The Morgan fingerprint density at radius 1 is 1.27 bits per heavy atom. The highest BCUT2D eigenvalue weighted by Gasteiger charge is 2.19. The first-order chi connectivity index (χ1) is 10.5. The van der Waals surface area contributed by atoms with E-state index in [-0.39, 0.29) is 5.91 Å². The van der Waals surface area contributed by atoms with Gasteiger partial charge in [0.25, 0.3) is 5.91 Å². The second-order valence-electron chi connectivity index (χ2n) is 4.58. The number of amides is 1. The highest BCUT2D eigenvalue weighted by Crippen LogP contribution is 2.32. The van der Waals surface area contributed by atoms with E-state index in [9.17, 15) is 4.79 Å². The van der Waals surface area contributed by atoms with Crippen molar-refractivity contribution in [3.63, 3.8) is 0 Å². The van der Waals surface area contributed by atoms with Gasteiger partial charge in [-0.15, -0.1) is 11.3 Å². The molecule has 2 rings (SSSR count). The lowest BCUT2D eigenvalue weighted by Gasteiger charge is -2.18. The maximum absolute atomic E-state index is 12.7. The molecule has 1 aromatic heterocycles. The van der Waals surface area contributed by atoms with Crippen molar-refractivity contribution >= 4 is 55.8 Å². The number of methoxy groups -OCH3 is 2. The van der Waals surface area contributed by atoms with Gasteiger partial charge >= 0.3 is 0 Å². The number of nitrogens with zero attached hydrogens (tertiary/aromatic N) is 1. The second kappa shape index (κ2) is 7.65. The van der Waals surface area contributed by atoms with Gasteiger partial charge in [-0.1, -0.05) is 0 Å². The van der Waals surface area contributed by atoms with Crippen LogP contribution >= 0.6 is 49.9 Å². The van der Waals surface area contributed by atoms with Crippen LogP contribution in [0.25, 0.3) is 0 Å². The largest absolute Gasteiger partial charge is 0.493 e. The number of hydrogen-bond donors (Lipinski definition) is 0. The second-order valence-corrected chi connectivity index (χ2v) is 7.65. The van der Waals surface area contributed by atoms with Crippen molar-refractivity contribution in [1.82, 2.24) is 4.90 Å². The van der Waals surface area contributed by atoms with Gasteiger partial charge in [0.05, 0.1) is 26.3 Å². The summed E-state index contributed by atoms with van der Waals surface area (Å²) in [5.41, 5.74) is 0.608. The Hall–Kier alpha value is -0.800. The molecule has 0 saturated carbocycles. The van der Waals surface area contributed by atoms with E-state index in [4.69, 9.17) is 9.47 Å². The first-order valence-corrected chi connectivity index (χ1v) is 9.11. The molecule has 0 bridgehead atoms. The van der Waals surface area contributed by atoms with Crippen molar-refractivity contribution < 1.29 is 14.3 Å². The predicted molar refractivity (Wildman–Crippen MR) is 100 cm³/mol. The summed E-state index contributed by atoms with van der Waals surface area (Å²) in [4.78, 5) is 15.5. The van der Waals surface area contributed by atoms with Crippen molar-refractivity contribution in [2.24, 2.45) is 0 Å². The Morgan fingerprint density at radius 2 is 1.91 bits per heavy atom. The molecule has 22 heavy (non-hydrogen) atoms. The zero-order valence-corrected chi connectivity index (χ0v) is 16.9. The molecule has 0 spiro atoms. The molecule has 0 aliphatic carbocycles. The van der Waals surface area contributed by atoms with Crippen LogP contribution in [0.1, 0.15) is 15.2 Å². The number of carbonyl (C=O) groups is 1. The Labute approximate surface area is 155 Å². The topological polar surface area (TPSA) is 38.8 Å². The summed E-state index contributed by atoms with van der Waals surface area (Å²) in [6.45, 7) is 0.569. The van der Waals surface area contributed by atoms with Crippen molar-refractivity contribution in [3.05, 3.63) is 42.1 Å². The molecule has 0 atom stereocenters. The lowest BCUT2D eigenvalue weighted by molar-refractivity contribution is 0.0785. The molecule has 0 aliphatic rings. The van der Waals surface area contributed by atoms with Crippen molar-refractivity contribution in [2.75, 3.05) is 21.3 Å². The number of carbonyl (C=O) groups excluding carboxylic acids is 1. The Bertz CT molecular complexity index is 689. The van der Waals surface area contributed by atoms with Gasteiger partial charge in [-0.05, 0) is 56.7 Å². The molecule has 0 fully saturated rings. The van der Waals surface area contributed by atoms with Crippen LogP contribution in [0.4, 0.5) is 0 Å². The van der Waals surface area contributed by atoms with Crippen LogP contribution in [0.15, 0.2) is 28.1 Å². The monoisotopic (exact) mass is 495 g/mol. The van der Waals surface area contributed by atoms with E-state index in [0.29, 0.717) is 23.6 Å². The fourth-order valence-electron chi connectivity index (χ4n) is 1.97. The first-order valence-electron chi connectivity index (χ1n) is 6.36. The molecule has 0 aliphatic heterocycles. The molecule has 0 unspecified atom stereocenters. The van der Waals surface area contributed by atoms with Crippen molar-refractivity contribution in [1.29, 1.82) is 0 Å². The van der Waals surface area contributed by atoms with Gasteiger partial charge in [0.15, 0.2) is 11.5 Å². The lowest BCUT2D eigenvalue weighted by atomic mass is 10.1. The van der Waals surface area contributed by atoms with E-state index in [1.807, 2.05) is 17.5 Å². The van der Waals surface area contributed by atoms with Crippen LogP contribution in [-0.4, -0.2) is 32.1 Å². The molecule has 1 aromatic carbocycles. The van der Waals surface area contributed by atoms with Gasteiger partial charge in [-0.3, -0.25) is 4.79 Å². The van der Waals surface area contributed by atoms with E-state index in [1.165, 1.54) is 0 Å². The minimum Gasteiger partial charge on any atom is -0.493 e. The number of benzene rings is 1. The molecule has 0 radical (unpaired) electrons. The van der Waals surface area contributed by atoms with E-state index in [0.717, 1.165) is 12.9 Å². The summed E-state index contributed by atoms with van der Waals surface area (Å²) < 4.78 is 12.4. The van der Waals surface area contributed by atoms with Crippen LogP contribution < -0.4 is 9.47 Å². The van der Waals surface area contributed by atoms with Gasteiger partial charge in [0.2, 0.25) is 0 Å². The summed E-state index contributed by atoms with van der Waals surface area (Å²) >= 11 is 7.18. The highest BCUT2D eigenvalue weighted by molar-refractivity contribution is 14.1. The molecule has 1 heterocycles. The normalized spacial score (nSPS) is 10.4. The van der Waals surface area contributed by atoms with E-state index < -0.39 is 0 Å². The van der Waals surface area contributed by atoms with Crippen LogP contribution in [-0.2, 0) is 6.54 Å². The fourth-order valence-corrected chi connectivity index (χ4v) is 4.14. The van der Waals surface area contributed by atoms with Gasteiger partial charge in [0, 0.05) is 25.3 Å². The first kappa shape index (κ1) is 17.6. The molecule has 2 aromatic rings. The molecular weight excluding hydrogens is 481 g/mol. The number of halogens is 2. The van der Waals surface area contributed by atoms with Crippen LogP contribution in [0, 0.1) is 3.57 Å². The number of hydrogen-bond acceptors (Lipinski definition) is 4. The number of rotatable bonds is 5. The van der Waals surface area contributed by atoms with Crippen molar-refractivity contribution in [3.8, 4) is 11.5 Å². The highest BCUT2D eigenvalue weighted by atomic mass is 127. The molecule has 7 heteroatoms. The quantitative estimate of drug-likeness (QED) is 0.577. The third-order valence-corrected chi connectivity index (χ3v) is 5.64. The summed E-state index contributed by atoms with van der Waals surface area (Å²) in [5, 5.41) is 2.01. The minimum atomic E-state index is -0.0464. The fraction of sp³-hybridized carbons (Fsp3) is 0.267. The van der Waals surface area contributed by atoms with Gasteiger partial charge in [0.1, 0.15) is 0 Å². The molecule has 4 nitrogen and oxygen atoms in total. The van der Waals surface area contributed by atoms with Gasteiger partial charge in [-0.2, -0.15) is 0 Å². The van der Waals surface area contributed by atoms with Crippen LogP contribution in [0.5, 0.6) is 11.5 Å². The van der Waals surface area contributed by atoms with Gasteiger partial charge < -0.3 is 14.4 Å². The summed E-state index contributed by atoms with van der Waals surface area (Å²) in [6, 6.07) is 5.56. The number of thiophene rings is 1. The standard InChI is InChI=1S/C15H15BrINO3S/c1-18(7-10-4-9(16)8-22-10)15(19)11-5-13(20-2)14(21-3)6-12(11)17/h4-6,8H,7H2,1-3H3. The Balaban J connectivity index is 2.24. The zero-order valence-electron chi connectivity index (χ0n) is 12.4. The summed E-state index contributed by atoms with van der Waals surface area (Å²) in [6.07, 6.45) is 0. The van der Waals surface area contributed by atoms with E-state index in [2.05, 4.69) is 38.5 Å². The lowest BCUT2D eigenvalue weighted by Crippen LogP contribution is -2.26. The van der Waals surface area contributed by atoms with Crippen LogP contribution in [0.2, 0.25) is 0 Å². The smallest absolute Gasteiger partial charge is 0.255 e. The van der Waals surface area contributed by atoms with Gasteiger partial charge in [-0.25, -0.2) is 0 Å². The van der Waals surface area contributed by atoms with E-state index >= 15 is 0 Å².